The van der Waals surface area contributed by atoms with Gasteiger partial charge in [0.05, 0.1) is 12.4 Å². The van der Waals surface area contributed by atoms with Gasteiger partial charge in [-0.05, 0) is 25.5 Å². The van der Waals surface area contributed by atoms with Crippen LogP contribution in [0.15, 0.2) is 18.6 Å². The maximum Gasteiger partial charge on any atom is 0.0535 e. The minimum Gasteiger partial charge on any atom is -0.312 e. The lowest BCUT2D eigenvalue weighted by atomic mass is 10.2. The van der Waals surface area contributed by atoms with E-state index < -0.39 is 0 Å². The maximum atomic E-state index is 4.13. The van der Waals surface area contributed by atoms with E-state index >= 15 is 0 Å². The Kier molecular flexibility index (Phi) is 3.36. The van der Waals surface area contributed by atoms with Gasteiger partial charge >= 0.3 is 0 Å². The van der Waals surface area contributed by atoms with Crippen molar-refractivity contribution in [1.82, 2.24) is 25.3 Å². The van der Waals surface area contributed by atoms with Crippen LogP contribution in [0.1, 0.15) is 16.8 Å². The van der Waals surface area contributed by atoms with Gasteiger partial charge in [0, 0.05) is 31.0 Å². The van der Waals surface area contributed by atoms with Crippen LogP contribution >= 0.6 is 0 Å². The van der Waals surface area contributed by atoms with E-state index in [0.29, 0.717) is 0 Å². The minimum absolute atomic E-state index is 0.864. The molecule has 0 spiro atoms. The molecule has 2 aromatic heterocycles. The van der Waals surface area contributed by atoms with Crippen LogP contribution in [0.2, 0.25) is 0 Å². The molecule has 5 nitrogen and oxygen atoms in total. The Morgan fingerprint density at radius 3 is 2.94 bits per heavy atom. The lowest BCUT2D eigenvalue weighted by molar-refractivity contribution is 0.684. The van der Waals surface area contributed by atoms with Gasteiger partial charge in [-0.2, -0.15) is 10.2 Å². The number of aromatic amines is 1. The Labute approximate surface area is 94.9 Å². The SMILES string of the molecule is Cc1[nH]ncc1CNCCc1cnn(C)c1. The van der Waals surface area contributed by atoms with Crippen molar-refractivity contribution in [2.45, 2.75) is 19.9 Å². The van der Waals surface area contributed by atoms with Crippen LogP contribution in [0.4, 0.5) is 0 Å². The lowest BCUT2D eigenvalue weighted by Crippen LogP contribution is -2.16. The Morgan fingerprint density at radius 2 is 2.31 bits per heavy atom. The summed E-state index contributed by atoms with van der Waals surface area (Å²) in [6, 6.07) is 0. The van der Waals surface area contributed by atoms with E-state index in [1.807, 2.05) is 37.2 Å². The largest absolute Gasteiger partial charge is 0.312 e. The average molecular weight is 219 g/mol. The van der Waals surface area contributed by atoms with Crippen LogP contribution in [0.5, 0.6) is 0 Å². The van der Waals surface area contributed by atoms with Crippen molar-refractivity contribution in [3.63, 3.8) is 0 Å². The number of rotatable bonds is 5. The highest BCUT2D eigenvalue weighted by molar-refractivity contribution is 5.13. The molecule has 0 atom stereocenters. The molecule has 0 saturated heterocycles. The molecule has 0 unspecified atom stereocenters. The first-order valence-corrected chi connectivity index (χ1v) is 5.43. The number of H-pyrrole nitrogens is 1. The second kappa shape index (κ2) is 4.94. The van der Waals surface area contributed by atoms with E-state index in [0.717, 1.165) is 25.2 Å². The monoisotopic (exact) mass is 219 g/mol. The Bertz CT molecular complexity index is 443. The summed E-state index contributed by atoms with van der Waals surface area (Å²) in [5.74, 6) is 0. The van der Waals surface area contributed by atoms with Crippen molar-refractivity contribution in [2.75, 3.05) is 6.54 Å². The predicted octanol–water partition coefficient (Wildman–Crippen LogP) is 0.784. The zero-order valence-corrected chi connectivity index (χ0v) is 9.70. The summed E-state index contributed by atoms with van der Waals surface area (Å²) in [5, 5.41) is 14.4. The van der Waals surface area contributed by atoms with Crippen LogP contribution in [-0.4, -0.2) is 26.5 Å². The highest BCUT2D eigenvalue weighted by Crippen LogP contribution is 2.01. The molecular formula is C11H17N5. The first kappa shape index (κ1) is 10.9. The molecule has 0 aliphatic heterocycles. The molecule has 0 bridgehead atoms. The van der Waals surface area contributed by atoms with E-state index in [2.05, 4.69) is 20.6 Å². The quantitative estimate of drug-likeness (QED) is 0.731. The third kappa shape index (κ3) is 2.70. The standard InChI is InChI=1S/C11H17N5/c1-9-11(7-13-15-9)6-12-4-3-10-5-14-16(2)8-10/h5,7-8,12H,3-4,6H2,1-2H3,(H,13,15). The van der Waals surface area contributed by atoms with Crippen molar-refractivity contribution in [1.29, 1.82) is 0 Å². The van der Waals surface area contributed by atoms with Crippen LogP contribution in [0.25, 0.3) is 0 Å². The summed E-state index contributed by atoms with van der Waals surface area (Å²) in [6.07, 6.45) is 6.83. The molecule has 2 heterocycles. The normalized spacial score (nSPS) is 10.9. The molecule has 0 aromatic carbocycles. The number of hydrogen-bond acceptors (Lipinski definition) is 3. The van der Waals surface area contributed by atoms with Gasteiger partial charge in [0.1, 0.15) is 0 Å². The van der Waals surface area contributed by atoms with Crippen LogP contribution < -0.4 is 5.32 Å². The Balaban J connectivity index is 1.71. The van der Waals surface area contributed by atoms with Gasteiger partial charge < -0.3 is 5.32 Å². The van der Waals surface area contributed by atoms with Gasteiger partial charge in [-0.15, -0.1) is 0 Å². The molecule has 2 rings (SSSR count). The zero-order chi connectivity index (χ0) is 11.4. The summed E-state index contributed by atoms with van der Waals surface area (Å²) in [6.45, 7) is 3.85. The van der Waals surface area contributed by atoms with Crippen LogP contribution in [0, 0.1) is 6.92 Å². The van der Waals surface area contributed by atoms with Crippen molar-refractivity contribution in [3.05, 3.63) is 35.4 Å². The number of hydrogen-bond donors (Lipinski definition) is 2. The van der Waals surface area contributed by atoms with Gasteiger partial charge in [0.25, 0.3) is 0 Å². The van der Waals surface area contributed by atoms with Gasteiger partial charge in [-0.3, -0.25) is 9.78 Å². The molecule has 2 N–H and O–H groups in total. The molecule has 0 aliphatic carbocycles. The number of nitrogens with one attached hydrogen (secondary N) is 2. The summed E-state index contributed by atoms with van der Waals surface area (Å²) in [7, 11) is 1.94. The summed E-state index contributed by atoms with van der Waals surface area (Å²) >= 11 is 0. The van der Waals surface area contributed by atoms with Crippen molar-refractivity contribution < 1.29 is 0 Å². The van der Waals surface area contributed by atoms with Crippen molar-refractivity contribution in [2.24, 2.45) is 7.05 Å². The fraction of sp³-hybridized carbons (Fsp3) is 0.455. The molecule has 0 aliphatic rings. The number of aromatic nitrogens is 4. The maximum absolute atomic E-state index is 4.13. The van der Waals surface area contributed by atoms with E-state index in [9.17, 15) is 0 Å². The highest BCUT2D eigenvalue weighted by atomic mass is 15.2. The van der Waals surface area contributed by atoms with E-state index in [4.69, 9.17) is 0 Å². The summed E-state index contributed by atoms with van der Waals surface area (Å²) in [4.78, 5) is 0. The number of nitrogens with zero attached hydrogens (tertiary/aromatic N) is 3. The van der Waals surface area contributed by atoms with Gasteiger partial charge in [-0.25, -0.2) is 0 Å². The molecule has 0 radical (unpaired) electrons. The lowest BCUT2D eigenvalue weighted by Gasteiger charge is -2.02. The average Bonchev–Trinajstić information content (AvgIpc) is 2.83. The Morgan fingerprint density at radius 1 is 1.44 bits per heavy atom. The fourth-order valence-electron chi connectivity index (χ4n) is 1.61. The molecule has 0 amide bonds. The van der Waals surface area contributed by atoms with Crippen molar-refractivity contribution in [3.8, 4) is 0 Å². The second-order valence-electron chi connectivity index (χ2n) is 3.97. The molecule has 2 aromatic rings. The third-order valence-corrected chi connectivity index (χ3v) is 2.60. The predicted molar refractivity (Wildman–Crippen MR) is 61.9 cm³/mol. The summed E-state index contributed by atoms with van der Waals surface area (Å²) < 4.78 is 1.83. The molecular weight excluding hydrogens is 202 g/mol. The number of aryl methyl sites for hydroxylation is 2. The molecule has 5 heteroatoms. The second-order valence-corrected chi connectivity index (χ2v) is 3.97. The van der Waals surface area contributed by atoms with Crippen molar-refractivity contribution >= 4 is 0 Å². The Hall–Kier alpha value is -1.62. The first-order chi connectivity index (χ1) is 7.75. The zero-order valence-electron chi connectivity index (χ0n) is 9.70. The third-order valence-electron chi connectivity index (χ3n) is 2.60. The molecule has 16 heavy (non-hydrogen) atoms. The highest BCUT2D eigenvalue weighted by Gasteiger charge is 2.00. The van der Waals surface area contributed by atoms with Crippen LogP contribution in [0.3, 0.4) is 0 Å². The molecule has 86 valence electrons. The minimum atomic E-state index is 0.864. The van der Waals surface area contributed by atoms with Gasteiger partial charge in [0.15, 0.2) is 0 Å². The summed E-state index contributed by atoms with van der Waals surface area (Å²) in [5.41, 5.74) is 3.62. The van der Waals surface area contributed by atoms with E-state index in [1.54, 1.807) is 0 Å². The van der Waals surface area contributed by atoms with Gasteiger partial charge in [-0.1, -0.05) is 0 Å². The van der Waals surface area contributed by atoms with Gasteiger partial charge in [0.2, 0.25) is 0 Å². The fourth-order valence-corrected chi connectivity index (χ4v) is 1.61. The van der Waals surface area contributed by atoms with E-state index in [1.165, 1.54) is 11.1 Å². The topological polar surface area (TPSA) is 58.5 Å². The van der Waals surface area contributed by atoms with E-state index in [-0.39, 0.29) is 0 Å². The smallest absolute Gasteiger partial charge is 0.0535 e. The van der Waals surface area contributed by atoms with Crippen LogP contribution in [-0.2, 0) is 20.0 Å². The molecule has 0 fully saturated rings. The first-order valence-electron chi connectivity index (χ1n) is 5.43. The molecule has 0 saturated carbocycles.